The molecule has 2 aromatic carbocycles. The summed E-state index contributed by atoms with van der Waals surface area (Å²) in [7, 11) is 0. The van der Waals surface area contributed by atoms with Crippen molar-refractivity contribution < 1.29 is 14.3 Å². The molecule has 0 radical (unpaired) electrons. The summed E-state index contributed by atoms with van der Waals surface area (Å²) >= 11 is 1.56. The second kappa shape index (κ2) is 12.1. The molecule has 1 saturated heterocycles. The molecule has 1 aromatic heterocycles. The monoisotopic (exact) mass is 492 g/mol. The Labute approximate surface area is 210 Å². The van der Waals surface area contributed by atoms with Gasteiger partial charge in [0.15, 0.2) is 0 Å². The van der Waals surface area contributed by atoms with Gasteiger partial charge in [0.1, 0.15) is 0 Å². The van der Waals surface area contributed by atoms with Gasteiger partial charge >= 0.3 is 0 Å². The van der Waals surface area contributed by atoms with Gasteiger partial charge in [-0.1, -0.05) is 42.0 Å². The van der Waals surface area contributed by atoms with Crippen LogP contribution in [-0.4, -0.2) is 54.5 Å². The van der Waals surface area contributed by atoms with E-state index in [1.54, 1.807) is 11.3 Å². The molecular formula is C27H32N4O3S. The Morgan fingerprint density at radius 2 is 1.83 bits per heavy atom. The summed E-state index contributed by atoms with van der Waals surface area (Å²) in [5.74, 6) is -0.0659. The highest BCUT2D eigenvalue weighted by atomic mass is 32.1. The van der Waals surface area contributed by atoms with Gasteiger partial charge in [0, 0.05) is 48.7 Å². The smallest absolute Gasteiger partial charge is 0.225 e. The zero-order valence-electron chi connectivity index (χ0n) is 20.3. The van der Waals surface area contributed by atoms with Crippen molar-refractivity contribution in [1.29, 1.82) is 0 Å². The first kappa shape index (κ1) is 25.0. The Bertz CT molecular complexity index is 1150. The third-order valence-corrected chi connectivity index (χ3v) is 6.88. The molecular weight excluding hydrogens is 460 g/mol. The molecule has 35 heavy (non-hydrogen) atoms. The molecule has 2 amide bonds. The predicted octanol–water partition coefficient (Wildman–Crippen LogP) is 3.95. The third kappa shape index (κ3) is 7.45. The van der Waals surface area contributed by atoms with E-state index >= 15 is 0 Å². The third-order valence-electron chi connectivity index (χ3n) is 5.91. The van der Waals surface area contributed by atoms with Crippen LogP contribution in [0.1, 0.15) is 27.4 Å². The Balaban J connectivity index is 1.28. The van der Waals surface area contributed by atoms with E-state index in [1.165, 1.54) is 5.56 Å². The van der Waals surface area contributed by atoms with Crippen LogP contribution in [0.15, 0.2) is 48.5 Å². The van der Waals surface area contributed by atoms with Gasteiger partial charge in [0.05, 0.1) is 30.3 Å². The fraction of sp³-hybridized carbons (Fsp3) is 0.370. The Kier molecular flexibility index (Phi) is 8.63. The van der Waals surface area contributed by atoms with Crippen LogP contribution < -0.4 is 10.6 Å². The van der Waals surface area contributed by atoms with Crippen molar-refractivity contribution in [3.05, 3.63) is 69.5 Å². The van der Waals surface area contributed by atoms with E-state index in [-0.39, 0.29) is 18.2 Å². The summed E-state index contributed by atoms with van der Waals surface area (Å²) < 4.78 is 5.34. The summed E-state index contributed by atoms with van der Waals surface area (Å²) in [6, 6.07) is 15.8. The summed E-state index contributed by atoms with van der Waals surface area (Å²) in [5, 5.41) is 6.91. The quantitative estimate of drug-likeness (QED) is 0.473. The summed E-state index contributed by atoms with van der Waals surface area (Å²) in [4.78, 5) is 32.9. The van der Waals surface area contributed by atoms with Crippen molar-refractivity contribution in [2.24, 2.45) is 0 Å². The van der Waals surface area contributed by atoms with Crippen LogP contribution in [0.5, 0.6) is 0 Å². The lowest BCUT2D eigenvalue weighted by molar-refractivity contribution is -0.120. The number of amides is 2. The number of rotatable bonds is 9. The minimum atomic E-state index is -0.0537. The van der Waals surface area contributed by atoms with Crippen LogP contribution in [0.3, 0.4) is 0 Å². The number of aromatic nitrogens is 1. The normalized spacial score (nSPS) is 14.0. The predicted molar refractivity (Wildman–Crippen MR) is 140 cm³/mol. The van der Waals surface area contributed by atoms with E-state index in [2.05, 4.69) is 39.6 Å². The van der Waals surface area contributed by atoms with Crippen molar-refractivity contribution >= 4 is 28.8 Å². The highest BCUT2D eigenvalue weighted by Gasteiger charge is 2.15. The lowest BCUT2D eigenvalue weighted by Crippen LogP contribution is -2.38. The van der Waals surface area contributed by atoms with Gasteiger partial charge in [-0.2, -0.15) is 0 Å². The highest BCUT2D eigenvalue weighted by molar-refractivity contribution is 7.12. The van der Waals surface area contributed by atoms with Gasteiger partial charge in [0.2, 0.25) is 11.8 Å². The minimum absolute atomic E-state index is 0.0122. The molecule has 1 aliphatic rings. The first-order chi connectivity index (χ1) is 17.0. The lowest BCUT2D eigenvalue weighted by atomic mass is 10.1. The Hall–Kier alpha value is -3.07. The largest absolute Gasteiger partial charge is 0.379 e. The van der Waals surface area contributed by atoms with E-state index in [4.69, 9.17) is 4.74 Å². The van der Waals surface area contributed by atoms with Crippen LogP contribution >= 0.6 is 11.3 Å². The number of benzene rings is 2. The number of aryl methyl sites for hydroxylation is 2. The fourth-order valence-electron chi connectivity index (χ4n) is 4.00. The standard InChI is InChI=1S/C27H32N4O3S/c1-19-6-8-22(9-7-19)27-24(35-20(2)29-27)17-26(33)28-18-21-4-3-5-23(16-21)30-25(32)10-11-31-12-14-34-15-13-31/h3-9,16H,10-15,17-18H2,1-2H3,(H,28,33)(H,30,32). The van der Waals surface area contributed by atoms with E-state index in [0.717, 1.165) is 65.2 Å². The Morgan fingerprint density at radius 1 is 1.06 bits per heavy atom. The molecule has 8 heteroatoms. The van der Waals surface area contributed by atoms with E-state index in [0.29, 0.717) is 13.0 Å². The number of carbonyl (C=O) groups excluding carboxylic acids is 2. The average molecular weight is 493 g/mol. The van der Waals surface area contributed by atoms with Crippen molar-refractivity contribution in [3.8, 4) is 11.3 Å². The van der Waals surface area contributed by atoms with Crippen molar-refractivity contribution in [2.45, 2.75) is 33.2 Å². The summed E-state index contributed by atoms with van der Waals surface area (Å²) in [5.41, 5.74) is 4.77. The number of carbonyl (C=O) groups is 2. The molecule has 4 rings (SSSR count). The molecule has 0 saturated carbocycles. The Morgan fingerprint density at radius 3 is 2.60 bits per heavy atom. The lowest BCUT2D eigenvalue weighted by Gasteiger charge is -2.26. The number of hydrogen-bond acceptors (Lipinski definition) is 6. The number of morpholine rings is 1. The number of nitrogens with zero attached hydrogens (tertiary/aromatic N) is 2. The number of ether oxygens (including phenoxy) is 1. The van der Waals surface area contributed by atoms with Gasteiger partial charge < -0.3 is 15.4 Å². The van der Waals surface area contributed by atoms with Crippen molar-refractivity contribution in [2.75, 3.05) is 38.2 Å². The molecule has 2 heterocycles. The number of thiazole rings is 1. The molecule has 1 fully saturated rings. The maximum Gasteiger partial charge on any atom is 0.225 e. The van der Waals surface area contributed by atoms with Crippen LogP contribution in [0.25, 0.3) is 11.3 Å². The second-order valence-corrected chi connectivity index (χ2v) is 10.1. The van der Waals surface area contributed by atoms with E-state index < -0.39 is 0 Å². The van der Waals surface area contributed by atoms with Gasteiger partial charge in [-0.3, -0.25) is 14.5 Å². The molecule has 0 aliphatic carbocycles. The molecule has 0 atom stereocenters. The first-order valence-electron chi connectivity index (χ1n) is 12.0. The van der Waals surface area contributed by atoms with Gasteiger partial charge in [-0.05, 0) is 31.5 Å². The number of nitrogens with one attached hydrogen (secondary N) is 2. The van der Waals surface area contributed by atoms with E-state index in [1.807, 2.05) is 43.3 Å². The molecule has 0 spiro atoms. The first-order valence-corrected chi connectivity index (χ1v) is 12.8. The number of anilines is 1. The van der Waals surface area contributed by atoms with Gasteiger partial charge in [0.25, 0.3) is 0 Å². The highest BCUT2D eigenvalue weighted by Crippen LogP contribution is 2.28. The fourth-order valence-corrected chi connectivity index (χ4v) is 4.96. The molecule has 7 nitrogen and oxygen atoms in total. The molecule has 3 aromatic rings. The minimum Gasteiger partial charge on any atom is -0.379 e. The topological polar surface area (TPSA) is 83.6 Å². The van der Waals surface area contributed by atoms with Gasteiger partial charge in [-0.15, -0.1) is 11.3 Å². The van der Waals surface area contributed by atoms with Crippen LogP contribution in [-0.2, 0) is 27.3 Å². The van der Waals surface area contributed by atoms with Gasteiger partial charge in [-0.25, -0.2) is 4.98 Å². The average Bonchev–Trinajstić information content (AvgIpc) is 3.22. The molecule has 0 unspecified atom stereocenters. The number of hydrogen-bond donors (Lipinski definition) is 2. The maximum atomic E-state index is 12.7. The van der Waals surface area contributed by atoms with Crippen LogP contribution in [0, 0.1) is 13.8 Å². The van der Waals surface area contributed by atoms with Crippen LogP contribution in [0.4, 0.5) is 5.69 Å². The second-order valence-electron chi connectivity index (χ2n) is 8.78. The SMILES string of the molecule is Cc1ccc(-c2nc(C)sc2CC(=O)NCc2cccc(NC(=O)CCN3CCOCC3)c2)cc1. The zero-order valence-corrected chi connectivity index (χ0v) is 21.1. The molecule has 2 N–H and O–H groups in total. The summed E-state index contributed by atoms with van der Waals surface area (Å²) in [6.07, 6.45) is 0.727. The summed E-state index contributed by atoms with van der Waals surface area (Å²) in [6.45, 7) is 8.34. The van der Waals surface area contributed by atoms with Crippen molar-refractivity contribution in [1.82, 2.24) is 15.2 Å². The van der Waals surface area contributed by atoms with Crippen LogP contribution in [0.2, 0.25) is 0 Å². The maximum absolute atomic E-state index is 12.7. The van der Waals surface area contributed by atoms with E-state index in [9.17, 15) is 9.59 Å². The zero-order chi connectivity index (χ0) is 24.6. The molecule has 1 aliphatic heterocycles. The van der Waals surface area contributed by atoms with Crippen molar-refractivity contribution in [3.63, 3.8) is 0 Å². The molecule has 0 bridgehead atoms. The molecule has 184 valence electrons.